The first-order chi connectivity index (χ1) is 14.9. The van der Waals surface area contributed by atoms with Gasteiger partial charge in [0.15, 0.2) is 5.78 Å². The predicted molar refractivity (Wildman–Crippen MR) is 115 cm³/mol. The maximum absolute atomic E-state index is 12.5. The van der Waals surface area contributed by atoms with Gasteiger partial charge in [-0.1, -0.05) is 43.3 Å². The Labute approximate surface area is 178 Å². The van der Waals surface area contributed by atoms with Gasteiger partial charge >= 0.3 is 11.6 Å². The number of carbonyl (C=O) groups excluding carboxylic acids is 2. The van der Waals surface area contributed by atoms with E-state index < -0.39 is 11.6 Å². The lowest BCUT2D eigenvalue weighted by atomic mass is 10.1. The number of hydrogen-bond donors (Lipinski definition) is 0. The highest BCUT2D eigenvalue weighted by molar-refractivity contribution is 5.94. The fourth-order valence-corrected chi connectivity index (χ4v) is 3.30. The molecular weight excluding hydrogens is 396 g/mol. The third-order valence-electron chi connectivity index (χ3n) is 5.04. The van der Waals surface area contributed by atoms with E-state index in [4.69, 9.17) is 13.6 Å². The molecule has 0 atom stereocenters. The number of carbonyl (C=O) groups is 2. The molecule has 2 heterocycles. The molecule has 6 heteroatoms. The summed E-state index contributed by atoms with van der Waals surface area (Å²) in [5.41, 5.74) is 2.91. The molecule has 0 fully saturated rings. The third-order valence-corrected chi connectivity index (χ3v) is 5.04. The molecule has 31 heavy (non-hydrogen) atoms. The van der Waals surface area contributed by atoms with Gasteiger partial charge in [-0.25, -0.2) is 9.59 Å². The van der Waals surface area contributed by atoms with Gasteiger partial charge in [0.2, 0.25) is 5.76 Å². The zero-order valence-electron chi connectivity index (χ0n) is 17.1. The van der Waals surface area contributed by atoms with Crippen LogP contribution >= 0.6 is 0 Å². The second-order valence-electron chi connectivity index (χ2n) is 7.15. The van der Waals surface area contributed by atoms with Crippen LogP contribution in [0.25, 0.3) is 22.3 Å². The summed E-state index contributed by atoms with van der Waals surface area (Å²) in [4.78, 5) is 35.8. The number of benzene rings is 2. The number of rotatable bonds is 6. The van der Waals surface area contributed by atoms with Gasteiger partial charge in [-0.2, -0.15) is 0 Å². The summed E-state index contributed by atoms with van der Waals surface area (Å²) < 4.78 is 16.3. The van der Waals surface area contributed by atoms with Crippen LogP contribution in [0.5, 0.6) is 0 Å². The molecule has 0 saturated carbocycles. The van der Waals surface area contributed by atoms with Gasteiger partial charge in [-0.05, 0) is 37.1 Å². The van der Waals surface area contributed by atoms with Gasteiger partial charge in [0.1, 0.15) is 18.0 Å². The summed E-state index contributed by atoms with van der Waals surface area (Å²) in [5, 5.41) is 0.718. The van der Waals surface area contributed by atoms with Gasteiger partial charge in [0, 0.05) is 28.1 Å². The highest BCUT2D eigenvalue weighted by Gasteiger charge is 2.16. The molecule has 4 rings (SSSR count). The molecule has 0 bridgehead atoms. The second-order valence-corrected chi connectivity index (χ2v) is 7.15. The van der Waals surface area contributed by atoms with Crippen molar-refractivity contribution in [2.45, 2.75) is 26.9 Å². The van der Waals surface area contributed by atoms with Crippen LogP contribution in [0.1, 0.15) is 45.9 Å². The van der Waals surface area contributed by atoms with Gasteiger partial charge in [0.25, 0.3) is 0 Å². The zero-order chi connectivity index (χ0) is 22.0. The SMILES string of the molecule is CCc1ccc2c(COC(=O)c3ccc(-c4ccc(C(C)=O)cc4)o3)cc(=O)oc2c1. The molecule has 0 unspecified atom stereocenters. The molecule has 0 radical (unpaired) electrons. The molecule has 0 N–H and O–H groups in total. The number of aryl methyl sites for hydroxylation is 1. The van der Waals surface area contributed by atoms with E-state index >= 15 is 0 Å². The Hall–Kier alpha value is -3.93. The molecule has 0 spiro atoms. The quantitative estimate of drug-likeness (QED) is 0.245. The molecular formula is C25H20O6. The Morgan fingerprint density at radius 3 is 2.42 bits per heavy atom. The molecule has 6 nitrogen and oxygen atoms in total. The van der Waals surface area contributed by atoms with Gasteiger partial charge in [0.05, 0.1) is 0 Å². The van der Waals surface area contributed by atoms with Gasteiger partial charge in [-0.3, -0.25) is 4.79 Å². The first-order valence-corrected chi connectivity index (χ1v) is 9.88. The number of ether oxygens (including phenoxy) is 1. The van der Waals surface area contributed by atoms with Gasteiger partial charge < -0.3 is 13.6 Å². The Kier molecular flexibility index (Phi) is 5.54. The first kappa shape index (κ1) is 20.3. The average Bonchev–Trinajstić information content (AvgIpc) is 3.27. The zero-order valence-corrected chi connectivity index (χ0v) is 17.1. The van der Waals surface area contributed by atoms with Crippen molar-refractivity contribution in [2.75, 3.05) is 0 Å². The van der Waals surface area contributed by atoms with E-state index in [0.717, 1.165) is 22.9 Å². The van der Waals surface area contributed by atoms with E-state index in [-0.39, 0.29) is 18.2 Å². The Morgan fingerprint density at radius 1 is 0.935 bits per heavy atom. The van der Waals surface area contributed by atoms with Crippen molar-refractivity contribution < 1.29 is 23.2 Å². The molecule has 0 aliphatic rings. The van der Waals surface area contributed by atoms with Crippen LogP contribution in [0.2, 0.25) is 0 Å². The van der Waals surface area contributed by atoms with Crippen molar-refractivity contribution in [3.63, 3.8) is 0 Å². The van der Waals surface area contributed by atoms with Crippen molar-refractivity contribution in [3.8, 4) is 11.3 Å². The van der Waals surface area contributed by atoms with Crippen LogP contribution in [0.4, 0.5) is 0 Å². The number of esters is 1. The summed E-state index contributed by atoms with van der Waals surface area (Å²) in [6.07, 6.45) is 0.817. The average molecular weight is 416 g/mol. The minimum atomic E-state index is -0.641. The first-order valence-electron chi connectivity index (χ1n) is 9.88. The van der Waals surface area contributed by atoms with E-state index in [1.807, 2.05) is 25.1 Å². The van der Waals surface area contributed by atoms with Crippen LogP contribution in [0, 0.1) is 0 Å². The Morgan fingerprint density at radius 2 is 1.71 bits per heavy atom. The van der Waals surface area contributed by atoms with Crippen LogP contribution in [0.3, 0.4) is 0 Å². The van der Waals surface area contributed by atoms with Crippen LogP contribution in [0.15, 0.2) is 74.3 Å². The summed E-state index contributed by atoms with van der Waals surface area (Å²) >= 11 is 0. The topological polar surface area (TPSA) is 86.7 Å². The van der Waals surface area contributed by atoms with E-state index in [0.29, 0.717) is 22.5 Å². The minimum Gasteiger partial charge on any atom is -0.455 e. The molecule has 2 aromatic carbocycles. The number of Topliss-reactive ketones (excluding diaryl/α,β-unsaturated/α-hetero) is 1. The Bertz CT molecular complexity index is 1320. The van der Waals surface area contributed by atoms with Crippen molar-refractivity contribution in [1.29, 1.82) is 0 Å². The lowest BCUT2D eigenvalue weighted by Crippen LogP contribution is -2.07. The van der Waals surface area contributed by atoms with Crippen LogP contribution < -0.4 is 5.63 Å². The summed E-state index contributed by atoms with van der Waals surface area (Å²) in [6.45, 7) is 3.43. The van der Waals surface area contributed by atoms with Crippen LogP contribution in [-0.2, 0) is 17.8 Å². The normalized spacial score (nSPS) is 10.9. The second kappa shape index (κ2) is 8.44. The maximum Gasteiger partial charge on any atom is 0.374 e. The third kappa shape index (κ3) is 4.33. The van der Waals surface area contributed by atoms with E-state index in [2.05, 4.69) is 0 Å². The van der Waals surface area contributed by atoms with Gasteiger partial charge in [-0.15, -0.1) is 0 Å². The maximum atomic E-state index is 12.5. The lowest BCUT2D eigenvalue weighted by molar-refractivity contribution is 0.0438. The van der Waals surface area contributed by atoms with Crippen molar-refractivity contribution in [2.24, 2.45) is 0 Å². The molecule has 4 aromatic rings. The minimum absolute atomic E-state index is 0.0244. The number of hydrogen-bond acceptors (Lipinski definition) is 6. The number of furan rings is 1. The number of ketones is 1. The fraction of sp³-hybridized carbons (Fsp3) is 0.160. The monoisotopic (exact) mass is 416 g/mol. The molecule has 0 amide bonds. The number of fused-ring (bicyclic) bond motifs is 1. The van der Waals surface area contributed by atoms with E-state index in [1.165, 1.54) is 19.1 Å². The largest absolute Gasteiger partial charge is 0.455 e. The van der Waals surface area contributed by atoms with E-state index in [9.17, 15) is 14.4 Å². The highest BCUT2D eigenvalue weighted by atomic mass is 16.5. The standard InChI is InChI=1S/C25H20O6/c1-3-16-4-9-20-19(13-24(27)31-23(20)12-16)14-29-25(28)22-11-10-21(30-22)18-7-5-17(6-8-18)15(2)26/h4-13H,3,14H2,1-2H3. The summed E-state index contributed by atoms with van der Waals surface area (Å²) in [7, 11) is 0. The highest BCUT2D eigenvalue weighted by Crippen LogP contribution is 2.24. The molecule has 156 valence electrons. The van der Waals surface area contributed by atoms with Crippen molar-refractivity contribution in [1.82, 2.24) is 0 Å². The predicted octanol–water partition coefficient (Wildman–Crippen LogP) is 5.18. The van der Waals surface area contributed by atoms with Crippen molar-refractivity contribution in [3.05, 3.63) is 93.5 Å². The molecule has 0 saturated heterocycles. The molecule has 2 aromatic heterocycles. The lowest BCUT2D eigenvalue weighted by Gasteiger charge is -2.07. The Balaban J connectivity index is 1.51. The smallest absolute Gasteiger partial charge is 0.374 e. The molecule has 0 aliphatic heterocycles. The summed E-state index contributed by atoms with van der Waals surface area (Å²) in [6, 6.07) is 17.1. The van der Waals surface area contributed by atoms with Crippen molar-refractivity contribution >= 4 is 22.7 Å². The molecule has 0 aliphatic carbocycles. The van der Waals surface area contributed by atoms with Crippen LogP contribution in [-0.4, -0.2) is 11.8 Å². The van der Waals surface area contributed by atoms with E-state index in [1.54, 1.807) is 30.3 Å². The summed E-state index contributed by atoms with van der Waals surface area (Å²) in [5.74, 6) is -0.132. The fourth-order valence-electron chi connectivity index (χ4n) is 3.30.